The second-order valence-corrected chi connectivity index (χ2v) is 4.32. The second-order valence-electron chi connectivity index (χ2n) is 4.32. The van der Waals surface area contributed by atoms with Crippen molar-refractivity contribution in [2.75, 3.05) is 6.61 Å². The fourth-order valence-electron chi connectivity index (χ4n) is 2.40. The van der Waals surface area contributed by atoms with Gasteiger partial charge in [-0.15, -0.1) is 0 Å². The second kappa shape index (κ2) is 3.46. The normalized spacial score (nSPS) is 19.1. The molecular weight excluding hydrogens is 186 g/mol. The van der Waals surface area contributed by atoms with Crippen LogP contribution < -0.4 is 0 Å². The molecule has 0 saturated carbocycles. The molecule has 2 aliphatic rings. The molecule has 15 heavy (non-hydrogen) atoms. The van der Waals surface area contributed by atoms with Crippen molar-refractivity contribution in [2.45, 2.75) is 32.8 Å². The highest BCUT2D eigenvalue weighted by Gasteiger charge is 2.17. The van der Waals surface area contributed by atoms with Gasteiger partial charge in [-0.2, -0.15) is 0 Å². The first kappa shape index (κ1) is 9.10. The Morgan fingerprint density at radius 1 is 1.27 bits per heavy atom. The minimum Gasteiger partial charge on any atom is -0.375 e. The molecule has 3 rings (SSSR count). The van der Waals surface area contributed by atoms with Crippen LogP contribution in [0.3, 0.4) is 0 Å². The lowest BCUT2D eigenvalue weighted by Gasteiger charge is -2.21. The Morgan fingerprint density at radius 3 is 3.13 bits per heavy atom. The van der Waals surface area contributed by atoms with Crippen LogP contribution >= 0.6 is 0 Å². The van der Waals surface area contributed by atoms with E-state index in [0.717, 1.165) is 31.6 Å². The van der Waals surface area contributed by atoms with Gasteiger partial charge in [0.2, 0.25) is 0 Å². The van der Waals surface area contributed by atoms with E-state index in [1.807, 2.05) is 0 Å². The minimum atomic E-state index is 0.700. The Balaban J connectivity index is 2.14. The Hall–Kier alpha value is -1.15. The zero-order valence-electron chi connectivity index (χ0n) is 9.05. The topological polar surface area (TPSA) is 22.1 Å². The molecule has 1 aromatic heterocycles. The van der Waals surface area contributed by atoms with Crippen LogP contribution in [0.4, 0.5) is 0 Å². The van der Waals surface area contributed by atoms with Crippen molar-refractivity contribution in [1.29, 1.82) is 0 Å². The van der Waals surface area contributed by atoms with Crippen LogP contribution in [-0.4, -0.2) is 11.6 Å². The molecule has 2 heteroatoms. The van der Waals surface area contributed by atoms with Crippen molar-refractivity contribution < 1.29 is 4.74 Å². The number of fused-ring (bicyclic) bond motifs is 2. The Labute approximate surface area is 90.0 Å². The summed E-state index contributed by atoms with van der Waals surface area (Å²) < 4.78 is 5.44. The van der Waals surface area contributed by atoms with Gasteiger partial charge in [0.25, 0.3) is 0 Å². The van der Waals surface area contributed by atoms with Crippen molar-refractivity contribution in [2.24, 2.45) is 0 Å². The highest BCUT2D eigenvalue weighted by Crippen LogP contribution is 2.28. The van der Waals surface area contributed by atoms with Gasteiger partial charge in [-0.25, -0.2) is 0 Å². The van der Waals surface area contributed by atoms with Gasteiger partial charge in [0.15, 0.2) is 0 Å². The predicted molar refractivity (Wildman–Crippen MR) is 59.6 cm³/mol. The van der Waals surface area contributed by atoms with Crippen molar-refractivity contribution in [3.63, 3.8) is 0 Å². The number of hydrogen-bond acceptors (Lipinski definition) is 2. The summed E-state index contributed by atoms with van der Waals surface area (Å²) in [6.07, 6.45) is 5.55. The number of pyridine rings is 1. The summed E-state index contributed by atoms with van der Waals surface area (Å²) in [5.41, 5.74) is 6.56. The highest BCUT2D eigenvalue weighted by molar-refractivity contribution is 5.68. The van der Waals surface area contributed by atoms with Crippen LogP contribution in [-0.2, 0) is 24.2 Å². The van der Waals surface area contributed by atoms with E-state index in [0.29, 0.717) is 6.61 Å². The third-order valence-electron chi connectivity index (χ3n) is 3.28. The lowest BCUT2D eigenvalue weighted by atomic mass is 9.93. The molecule has 0 atom stereocenters. The van der Waals surface area contributed by atoms with Crippen LogP contribution in [0, 0.1) is 0 Å². The van der Waals surface area contributed by atoms with Crippen molar-refractivity contribution in [1.82, 2.24) is 4.98 Å². The van der Waals surface area contributed by atoms with E-state index < -0.39 is 0 Å². The lowest BCUT2D eigenvalue weighted by molar-refractivity contribution is 0.107. The standard InChI is InChI=1S/C13H15NO/c1-9-3-2-4-12-11(9)7-10-5-6-15-8-13(10)14-12/h3,7H,2,4-6,8H2,1H3. The first-order valence-electron chi connectivity index (χ1n) is 5.61. The summed E-state index contributed by atoms with van der Waals surface area (Å²) in [4.78, 5) is 4.74. The number of hydrogen-bond donors (Lipinski definition) is 0. The number of ether oxygens (including phenoxy) is 1. The molecule has 1 aliphatic carbocycles. The van der Waals surface area contributed by atoms with Crippen LogP contribution in [0.5, 0.6) is 0 Å². The predicted octanol–water partition coefficient (Wildman–Crippen LogP) is 2.50. The fraction of sp³-hybridized carbons (Fsp3) is 0.462. The molecule has 78 valence electrons. The van der Waals surface area contributed by atoms with Gasteiger partial charge in [-0.05, 0) is 49.0 Å². The highest BCUT2D eigenvalue weighted by atomic mass is 16.5. The van der Waals surface area contributed by atoms with Crippen LogP contribution in [0.25, 0.3) is 5.57 Å². The number of rotatable bonds is 0. The first-order chi connectivity index (χ1) is 7.34. The quantitative estimate of drug-likeness (QED) is 0.643. The summed E-state index contributed by atoms with van der Waals surface area (Å²) in [5, 5.41) is 0. The number of aromatic nitrogens is 1. The number of nitrogens with zero attached hydrogens (tertiary/aromatic N) is 1. The molecule has 0 aromatic carbocycles. The number of allylic oxidation sites excluding steroid dienone is 2. The third kappa shape index (κ3) is 1.49. The third-order valence-corrected chi connectivity index (χ3v) is 3.28. The van der Waals surface area contributed by atoms with Gasteiger partial charge >= 0.3 is 0 Å². The summed E-state index contributed by atoms with van der Waals surface area (Å²) in [6, 6.07) is 2.32. The lowest BCUT2D eigenvalue weighted by Crippen LogP contribution is -2.15. The molecule has 2 heterocycles. The van der Waals surface area contributed by atoms with Gasteiger partial charge in [-0.1, -0.05) is 6.08 Å². The van der Waals surface area contributed by atoms with Gasteiger partial charge in [0.05, 0.1) is 18.9 Å². The van der Waals surface area contributed by atoms with E-state index in [-0.39, 0.29) is 0 Å². The molecule has 2 nitrogen and oxygen atoms in total. The molecule has 0 amide bonds. The molecule has 0 unspecified atom stereocenters. The van der Waals surface area contributed by atoms with E-state index >= 15 is 0 Å². The summed E-state index contributed by atoms with van der Waals surface area (Å²) in [7, 11) is 0. The van der Waals surface area contributed by atoms with Crippen LogP contribution in [0.1, 0.15) is 35.9 Å². The van der Waals surface area contributed by atoms with Crippen molar-refractivity contribution in [3.8, 4) is 0 Å². The average molecular weight is 201 g/mol. The monoisotopic (exact) mass is 201 g/mol. The fourth-order valence-corrected chi connectivity index (χ4v) is 2.40. The zero-order chi connectivity index (χ0) is 10.3. The smallest absolute Gasteiger partial charge is 0.0890 e. The van der Waals surface area contributed by atoms with E-state index in [4.69, 9.17) is 9.72 Å². The van der Waals surface area contributed by atoms with Gasteiger partial charge in [0, 0.05) is 5.69 Å². The molecule has 1 aliphatic heterocycles. The summed E-state index contributed by atoms with van der Waals surface area (Å²) in [6.45, 7) is 3.73. The van der Waals surface area contributed by atoms with Crippen molar-refractivity contribution in [3.05, 3.63) is 34.7 Å². The maximum Gasteiger partial charge on any atom is 0.0890 e. The molecule has 0 radical (unpaired) electrons. The molecule has 0 bridgehead atoms. The zero-order valence-corrected chi connectivity index (χ0v) is 9.05. The molecule has 1 aromatic rings. The summed E-state index contributed by atoms with van der Waals surface area (Å²) in [5.74, 6) is 0. The largest absolute Gasteiger partial charge is 0.375 e. The summed E-state index contributed by atoms with van der Waals surface area (Å²) >= 11 is 0. The average Bonchev–Trinajstić information content (AvgIpc) is 2.27. The SMILES string of the molecule is CC1=CCCc2nc3c(cc21)CCOC3. The van der Waals surface area contributed by atoms with E-state index in [9.17, 15) is 0 Å². The maximum absolute atomic E-state index is 5.44. The van der Waals surface area contributed by atoms with E-state index in [2.05, 4.69) is 19.1 Å². The maximum atomic E-state index is 5.44. The Bertz CT molecular complexity index is 434. The molecule has 0 fully saturated rings. The molecule has 0 N–H and O–H groups in total. The first-order valence-corrected chi connectivity index (χ1v) is 5.61. The molecule has 0 saturated heterocycles. The molecule has 0 spiro atoms. The Kier molecular flexibility index (Phi) is 2.10. The van der Waals surface area contributed by atoms with Crippen molar-refractivity contribution >= 4 is 5.57 Å². The Morgan fingerprint density at radius 2 is 2.20 bits per heavy atom. The van der Waals surface area contributed by atoms with Gasteiger partial charge < -0.3 is 4.74 Å². The van der Waals surface area contributed by atoms with Crippen LogP contribution in [0.15, 0.2) is 12.1 Å². The minimum absolute atomic E-state index is 0.700. The van der Waals surface area contributed by atoms with Gasteiger partial charge in [-0.3, -0.25) is 4.98 Å². The van der Waals surface area contributed by atoms with Crippen LogP contribution in [0.2, 0.25) is 0 Å². The van der Waals surface area contributed by atoms with E-state index in [1.165, 1.54) is 22.4 Å². The number of aryl methyl sites for hydroxylation is 1. The van der Waals surface area contributed by atoms with E-state index in [1.54, 1.807) is 0 Å². The van der Waals surface area contributed by atoms with Gasteiger partial charge in [0.1, 0.15) is 0 Å². The molecular formula is C13H15NO.